The van der Waals surface area contributed by atoms with Gasteiger partial charge in [0, 0.05) is 23.5 Å². The number of nitrogens with one attached hydrogen (secondary N) is 2. The molecule has 112 valence electrons. The van der Waals surface area contributed by atoms with Gasteiger partial charge < -0.3 is 10.6 Å². The first-order valence-electron chi connectivity index (χ1n) is 6.96. The average Bonchev–Trinajstić information content (AvgIpc) is 2.45. The van der Waals surface area contributed by atoms with E-state index in [1.165, 1.54) is 12.2 Å². The van der Waals surface area contributed by atoms with Crippen molar-refractivity contribution in [2.45, 2.75) is 13.8 Å². The topological polar surface area (TPSA) is 58.2 Å². The van der Waals surface area contributed by atoms with E-state index in [0.29, 0.717) is 11.4 Å². The molecule has 2 rings (SSSR count). The van der Waals surface area contributed by atoms with Gasteiger partial charge in [0.25, 0.3) is 0 Å². The van der Waals surface area contributed by atoms with Gasteiger partial charge in [-0.05, 0) is 49.2 Å². The Morgan fingerprint density at radius 3 is 1.55 bits per heavy atom. The second-order valence-corrected chi connectivity index (χ2v) is 5.05. The van der Waals surface area contributed by atoms with Crippen molar-refractivity contribution >= 4 is 23.2 Å². The number of benzene rings is 2. The standard InChI is InChI=1S/C18H18N2O2/c1-13-5-3-7-15(11-13)19-17(21)9-10-18(22)20-16-8-4-6-14(2)12-16/h3-12H,1-2H3,(H,19,21)(H,20,22). The summed E-state index contributed by atoms with van der Waals surface area (Å²) in [6.07, 6.45) is 2.43. The van der Waals surface area contributed by atoms with Gasteiger partial charge in [0.15, 0.2) is 0 Å². The number of hydrogen-bond donors (Lipinski definition) is 2. The van der Waals surface area contributed by atoms with E-state index in [1.807, 2.05) is 50.2 Å². The second kappa shape index (κ2) is 7.22. The van der Waals surface area contributed by atoms with Crippen LogP contribution >= 0.6 is 0 Å². The minimum absolute atomic E-state index is 0.343. The first-order chi connectivity index (χ1) is 10.5. The van der Waals surface area contributed by atoms with E-state index in [1.54, 1.807) is 12.1 Å². The highest BCUT2D eigenvalue weighted by Crippen LogP contribution is 2.10. The Kier molecular flexibility index (Phi) is 5.09. The van der Waals surface area contributed by atoms with Crippen molar-refractivity contribution in [2.75, 3.05) is 10.6 Å². The third-order valence-electron chi connectivity index (χ3n) is 2.96. The minimum atomic E-state index is -0.343. The minimum Gasteiger partial charge on any atom is -0.323 e. The van der Waals surface area contributed by atoms with Gasteiger partial charge in [-0.25, -0.2) is 0 Å². The fourth-order valence-corrected chi connectivity index (χ4v) is 1.96. The molecular formula is C18H18N2O2. The molecule has 0 saturated heterocycles. The summed E-state index contributed by atoms with van der Waals surface area (Å²) in [7, 11) is 0. The van der Waals surface area contributed by atoms with Crippen molar-refractivity contribution in [1.29, 1.82) is 0 Å². The summed E-state index contributed by atoms with van der Waals surface area (Å²) in [5, 5.41) is 5.41. The van der Waals surface area contributed by atoms with E-state index in [-0.39, 0.29) is 11.8 Å². The van der Waals surface area contributed by atoms with Gasteiger partial charge in [-0.3, -0.25) is 9.59 Å². The first-order valence-corrected chi connectivity index (χ1v) is 6.96. The second-order valence-electron chi connectivity index (χ2n) is 5.05. The fraction of sp³-hybridized carbons (Fsp3) is 0.111. The Hall–Kier alpha value is -2.88. The number of anilines is 2. The third-order valence-corrected chi connectivity index (χ3v) is 2.96. The van der Waals surface area contributed by atoms with E-state index < -0.39 is 0 Å². The Balaban J connectivity index is 1.90. The van der Waals surface area contributed by atoms with Crippen LogP contribution in [0.4, 0.5) is 11.4 Å². The van der Waals surface area contributed by atoms with E-state index in [9.17, 15) is 9.59 Å². The molecule has 4 nitrogen and oxygen atoms in total. The van der Waals surface area contributed by atoms with Crippen molar-refractivity contribution in [2.24, 2.45) is 0 Å². The Morgan fingerprint density at radius 1 is 0.773 bits per heavy atom. The molecule has 0 aromatic heterocycles. The quantitative estimate of drug-likeness (QED) is 0.849. The van der Waals surface area contributed by atoms with Gasteiger partial charge in [-0.2, -0.15) is 0 Å². The molecule has 0 spiro atoms. The summed E-state index contributed by atoms with van der Waals surface area (Å²) in [6.45, 7) is 3.89. The van der Waals surface area contributed by atoms with Crippen LogP contribution in [0, 0.1) is 13.8 Å². The normalized spacial score (nSPS) is 10.5. The molecular weight excluding hydrogens is 276 g/mol. The molecule has 0 atom stereocenters. The Labute approximate surface area is 129 Å². The zero-order chi connectivity index (χ0) is 15.9. The summed E-state index contributed by atoms with van der Waals surface area (Å²) >= 11 is 0. The largest absolute Gasteiger partial charge is 0.323 e. The van der Waals surface area contributed by atoms with E-state index in [2.05, 4.69) is 10.6 Å². The molecule has 0 aliphatic heterocycles. The molecule has 0 aliphatic rings. The summed E-state index contributed by atoms with van der Waals surface area (Å²) in [5.41, 5.74) is 3.51. The lowest BCUT2D eigenvalue weighted by Gasteiger charge is -2.04. The molecule has 2 aromatic rings. The number of rotatable bonds is 4. The van der Waals surface area contributed by atoms with Crippen LogP contribution in [0.25, 0.3) is 0 Å². The molecule has 0 aliphatic carbocycles. The molecule has 4 heteroatoms. The highest BCUT2D eigenvalue weighted by Gasteiger charge is 2.01. The van der Waals surface area contributed by atoms with Gasteiger partial charge in [0.1, 0.15) is 0 Å². The predicted octanol–water partition coefficient (Wildman–Crippen LogP) is 3.44. The molecule has 2 aromatic carbocycles. The van der Waals surface area contributed by atoms with Crippen LogP contribution in [0.3, 0.4) is 0 Å². The van der Waals surface area contributed by atoms with Crippen molar-refractivity contribution in [1.82, 2.24) is 0 Å². The summed E-state index contributed by atoms with van der Waals surface area (Å²) in [4.78, 5) is 23.5. The van der Waals surface area contributed by atoms with Crippen LogP contribution in [0.1, 0.15) is 11.1 Å². The number of carbonyl (C=O) groups excluding carboxylic acids is 2. The molecule has 2 N–H and O–H groups in total. The number of hydrogen-bond acceptors (Lipinski definition) is 2. The van der Waals surface area contributed by atoms with Crippen LogP contribution in [0.2, 0.25) is 0 Å². The maximum atomic E-state index is 11.8. The highest BCUT2D eigenvalue weighted by atomic mass is 16.2. The van der Waals surface area contributed by atoms with Crippen molar-refractivity contribution in [3.63, 3.8) is 0 Å². The van der Waals surface area contributed by atoms with E-state index in [4.69, 9.17) is 0 Å². The maximum Gasteiger partial charge on any atom is 0.248 e. The average molecular weight is 294 g/mol. The molecule has 0 saturated carbocycles. The SMILES string of the molecule is Cc1cccc(NC(=O)C=CC(=O)Nc2cccc(C)c2)c1. The number of carbonyl (C=O) groups is 2. The highest BCUT2D eigenvalue weighted by molar-refractivity contribution is 6.06. The Bertz CT molecular complexity index is 659. The van der Waals surface area contributed by atoms with Crippen LogP contribution in [-0.2, 0) is 9.59 Å². The first kappa shape index (κ1) is 15.5. The predicted molar refractivity (Wildman–Crippen MR) is 88.8 cm³/mol. The molecule has 0 heterocycles. The molecule has 2 amide bonds. The lowest BCUT2D eigenvalue weighted by Crippen LogP contribution is -2.12. The zero-order valence-corrected chi connectivity index (χ0v) is 12.6. The van der Waals surface area contributed by atoms with Crippen molar-refractivity contribution < 1.29 is 9.59 Å². The fourth-order valence-electron chi connectivity index (χ4n) is 1.96. The van der Waals surface area contributed by atoms with Crippen LogP contribution < -0.4 is 10.6 Å². The summed E-state index contributed by atoms with van der Waals surface area (Å²) in [5.74, 6) is -0.685. The van der Waals surface area contributed by atoms with Crippen molar-refractivity contribution in [3.8, 4) is 0 Å². The Morgan fingerprint density at radius 2 is 1.18 bits per heavy atom. The van der Waals surface area contributed by atoms with E-state index in [0.717, 1.165) is 11.1 Å². The van der Waals surface area contributed by atoms with Gasteiger partial charge in [-0.1, -0.05) is 24.3 Å². The van der Waals surface area contributed by atoms with Crippen LogP contribution in [-0.4, -0.2) is 11.8 Å². The smallest absolute Gasteiger partial charge is 0.248 e. The van der Waals surface area contributed by atoms with Gasteiger partial charge in [0.2, 0.25) is 11.8 Å². The molecule has 0 fully saturated rings. The van der Waals surface area contributed by atoms with Gasteiger partial charge >= 0.3 is 0 Å². The van der Waals surface area contributed by atoms with Crippen LogP contribution in [0.5, 0.6) is 0 Å². The van der Waals surface area contributed by atoms with Crippen LogP contribution in [0.15, 0.2) is 60.7 Å². The molecule has 0 bridgehead atoms. The maximum absolute atomic E-state index is 11.8. The zero-order valence-electron chi connectivity index (χ0n) is 12.6. The number of amides is 2. The lowest BCUT2D eigenvalue weighted by molar-refractivity contribution is -0.114. The van der Waals surface area contributed by atoms with Crippen molar-refractivity contribution in [3.05, 3.63) is 71.8 Å². The third kappa shape index (κ3) is 4.90. The number of aryl methyl sites for hydroxylation is 2. The molecule has 22 heavy (non-hydrogen) atoms. The summed E-state index contributed by atoms with van der Waals surface area (Å²) in [6, 6.07) is 14.9. The van der Waals surface area contributed by atoms with E-state index >= 15 is 0 Å². The molecule has 0 unspecified atom stereocenters. The monoisotopic (exact) mass is 294 g/mol. The van der Waals surface area contributed by atoms with Gasteiger partial charge in [0.05, 0.1) is 0 Å². The summed E-state index contributed by atoms with van der Waals surface area (Å²) < 4.78 is 0. The molecule has 0 radical (unpaired) electrons. The lowest BCUT2D eigenvalue weighted by atomic mass is 10.2. The van der Waals surface area contributed by atoms with Gasteiger partial charge in [-0.15, -0.1) is 0 Å².